The van der Waals surface area contributed by atoms with Gasteiger partial charge < -0.3 is 14.7 Å². The normalized spacial score (nSPS) is 27.2. The number of para-hydroxylation sites is 1. The largest absolute Gasteiger partial charge is 0.469 e. The van der Waals surface area contributed by atoms with Gasteiger partial charge in [-0.2, -0.15) is 0 Å². The van der Waals surface area contributed by atoms with Gasteiger partial charge in [-0.05, 0) is 6.07 Å². The van der Waals surface area contributed by atoms with E-state index in [0.717, 1.165) is 5.56 Å². The average Bonchev–Trinajstić information content (AvgIpc) is 2.82. The van der Waals surface area contributed by atoms with Gasteiger partial charge in [0.05, 0.1) is 12.3 Å². The van der Waals surface area contributed by atoms with Crippen molar-refractivity contribution in [3.63, 3.8) is 0 Å². The molecule has 2 N–H and O–H groups in total. The second-order valence-corrected chi connectivity index (χ2v) is 3.76. The van der Waals surface area contributed by atoms with Crippen LogP contribution >= 0.6 is 0 Å². The Balaban J connectivity index is 1.85. The Bertz CT molecular complexity index is 421. The summed E-state index contributed by atoms with van der Waals surface area (Å²) >= 11 is 0. The molecule has 2 unspecified atom stereocenters. The van der Waals surface area contributed by atoms with Gasteiger partial charge in [0.25, 0.3) is 0 Å². The van der Waals surface area contributed by atoms with Crippen LogP contribution < -0.4 is 10.3 Å². The Labute approximate surface area is 92.8 Å². The molecule has 0 saturated carbocycles. The fourth-order valence-corrected chi connectivity index (χ4v) is 1.92. The van der Waals surface area contributed by atoms with Crippen molar-refractivity contribution in [3.8, 4) is 5.75 Å². The first-order valence-corrected chi connectivity index (χ1v) is 5.14. The molecule has 84 valence electrons. The summed E-state index contributed by atoms with van der Waals surface area (Å²) in [5, 5.41) is 11.7. The summed E-state index contributed by atoms with van der Waals surface area (Å²) in [6, 6.07) is 7.51. The maximum Gasteiger partial charge on any atom is 0.190 e. The van der Waals surface area contributed by atoms with Gasteiger partial charge in [0.15, 0.2) is 6.23 Å². The zero-order valence-electron chi connectivity index (χ0n) is 8.54. The lowest BCUT2D eigenvalue weighted by Crippen LogP contribution is -2.44. The van der Waals surface area contributed by atoms with Gasteiger partial charge in [0.2, 0.25) is 0 Å². The Morgan fingerprint density at radius 2 is 2.25 bits per heavy atom. The molecule has 2 heterocycles. The minimum atomic E-state index is -0.509. The van der Waals surface area contributed by atoms with Crippen molar-refractivity contribution in [2.75, 3.05) is 0 Å². The number of benzene rings is 1. The number of nitrogens with zero attached hydrogens (tertiary/aromatic N) is 1. The van der Waals surface area contributed by atoms with Gasteiger partial charge in [-0.25, -0.2) is 5.01 Å². The van der Waals surface area contributed by atoms with Gasteiger partial charge in [0.1, 0.15) is 12.0 Å². The summed E-state index contributed by atoms with van der Waals surface area (Å²) in [6.07, 6.45) is 2.98. The van der Waals surface area contributed by atoms with Crippen LogP contribution in [0.5, 0.6) is 5.75 Å². The van der Waals surface area contributed by atoms with E-state index < -0.39 is 6.10 Å². The molecule has 0 amide bonds. The van der Waals surface area contributed by atoms with Crippen molar-refractivity contribution in [1.29, 1.82) is 0 Å². The molecule has 3 rings (SSSR count). The highest BCUT2D eigenvalue weighted by atomic mass is 16.7. The first kappa shape index (κ1) is 9.50. The van der Waals surface area contributed by atoms with Crippen molar-refractivity contribution >= 4 is 0 Å². The minimum absolute atomic E-state index is 0.261. The van der Waals surface area contributed by atoms with E-state index in [9.17, 15) is 5.11 Å². The lowest BCUT2D eigenvalue weighted by atomic mass is 10.0. The summed E-state index contributed by atoms with van der Waals surface area (Å²) in [5.41, 5.74) is 3.50. The van der Waals surface area contributed by atoms with E-state index >= 15 is 0 Å². The summed E-state index contributed by atoms with van der Waals surface area (Å²) in [4.78, 5) is 4.87. The summed E-state index contributed by atoms with van der Waals surface area (Å²) < 4.78 is 5.76. The molecule has 2 atom stereocenters. The number of nitrogens with one attached hydrogen (secondary N) is 1. The van der Waals surface area contributed by atoms with Gasteiger partial charge in [0, 0.05) is 12.0 Å². The Hall–Kier alpha value is -1.72. The number of ether oxygens (including phenoxy) is 1. The molecule has 0 bridgehead atoms. The Morgan fingerprint density at radius 1 is 1.38 bits per heavy atom. The third-order valence-electron chi connectivity index (χ3n) is 2.72. The number of hydrogen-bond acceptors (Lipinski definition) is 5. The molecule has 0 aliphatic carbocycles. The van der Waals surface area contributed by atoms with Gasteiger partial charge in [-0.3, -0.25) is 0 Å². The number of fused-ring (bicyclic) bond motifs is 1. The predicted octanol–water partition coefficient (Wildman–Crippen LogP) is 1.05. The summed E-state index contributed by atoms with van der Waals surface area (Å²) in [7, 11) is 0. The minimum Gasteiger partial charge on any atom is -0.469 e. The van der Waals surface area contributed by atoms with E-state index in [0.29, 0.717) is 12.2 Å². The van der Waals surface area contributed by atoms with Gasteiger partial charge >= 0.3 is 0 Å². The van der Waals surface area contributed by atoms with E-state index in [-0.39, 0.29) is 6.23 Å². The van der Waals surface area contributed by atoms with Crippen molar-refractivity contribution in [2.24, 2.45) is 0 Å². The molecule has 0 spiro atoms. The molecule has 0 saturated heterocycles. The molecule has 0 aromatic heterocycles. The molecular weight excluding hydrogens is 208 g/mol. The van der Waals surface area contributed by atoms with Crippen LogP contribution in [0.1, 0.15) is 18.1 Å². The number of hydrogen-bond donors (Lipinski definition) is 2. The molecule has 1 aromatic rings. The van der Waals surface area contributed by atoms with Crippen molar-refractivity contribution < 1.29 is 14.7 Å². The van der Waals surface area contributed by atoms with Crippen molar-refractivity contribution in [3.05, 3.63) is 42.3 Å². The van der Waals surface area contributed by atoms with E-state index in [1.165, 1.54) is 6.26 Å². The van der Waals surface area contributed by atoms with Crippen LogP contribution in [0.15, 0.2) is 36.7 Å². The standard InChI is InChI=1S/C11H12N2O3/c14-9-7-11(13-5-6-15-12-13)16-10-4-2-1-3-8(9)10/h1-6,9,11-12,14H,7H2. The second-order valence-electron chi connectivity index (χ2n) is 3.76. The highest BCUT2D eigenvalue weighted by molar-refractivity contribution is 5.36. The smallest absolute Gasteiger partial charge is 0.190 e. The zero-order chi connectivity index (χ0) is 11.0. The fraction of sp³-hybridized carbons (Fsp3) is 0.273. The van der Waals surface area contributed by atoms with Crippen LogP contribution in [0, 0.1) is 0 Å². The number of aliphatic hydroxyl groups excluding tert-OH is 1. The summed E-state index contributed by atoms with van der Waals surface area (Å²) in [5.74, 6) is 0.716. The van der Waals surface area contributed by atoms with E-state index in [4.69, 9.17) is 9.57 Å². The van der Waals surface area contributed by atoms with Crippen molar-refractivity contribution in [2.45, 2.75) is 18.8 Å². The molecule has 5 nitrogen and oxygen atoms in total. The van der Waals surface area contributed by atoms with Gasteiger partial charge in [-0.15, -0.1) is 0 Å². The van der Waals surface area contributed by atoms with Crippen LogP contribution in [-0.4, -0.2) is 16.3 Å². The predicted molar refractivity (Wildman–Crippen MR) is 55.6 cm³/mol. The van der Waals surface area contributed by atoms with Crippen LogP contribution in [0.25, 0.3) is 0 Å². The van der Waals surface area contributed by atoms with E-state index in [1.807, 2.05) is 24.3 Å². The number of hydrazine groups is 1. The monoisotopic (exact) mass is 220 g/mol. The molecule has 0 radical (unpaired) electrons. The molecule has 2 aliphatic rings. The average molecular weight is 220 g/mol. The third-order valence-corrected chi connectivity index (χ3v) is 2.72. The van der Waals surface area contributed by atoms with Crippen LogP contribution in [0.4, 0.5) is 0 Å². The Kier molecular flexibility index (Phi) is 2.19. The maximum absolute atomic E-state index is 9.99. The Morgan fingerprint density at radius 3 is 3.06 bits per heavy atom. The fourth-order valence-electron chi connectivity index (χ4n) is 1.92. The van der Waals surface area contributed by atoms with E-state index in [1.54, 1.807) is 11.2 Å². The topological polar surface area (TPSA) is 54.0 Å². The number of rotatable bonds is 1. The molecule has 2 aliphatic heterocycles. The molecule has 1 aromatic carbocycles. The molecule has 5 heteroatoms. The molecule has 0 fully saturated rings. The van der Waals surface area contributed by atoms with Crippen LogP contribution in [0.2, 0.25) is 0 Å². The number of aliphatic hydroxyl groups is 1. The maximum atomic E-state index is 9.99. The third kappa shape index (κ3) is 1.50. The SMILES string of the molecule is OC1CC(N2C=CON2)Oc2ccccc21. The highest BCUT2D eigenvalue weighted by Crippen LogP contribution is 2.35. The highest BCUT2D eigenvalue weighted by Gasteiger charge is 2.30. The zero-order valence-corrected chi connectivity index (χ0v) is 8.54. The second kappa shape index (κ2) is 3.70. The lowest BCUT2D eigenvalue weighted by Gasteiger charge is -2.33. The van der Waals surface area contributed by atoms with Crippen molar-refractivity contribution in [1.82, 2.24) is 10.6 Å². The summed E-state index contributed by atoms with van der Waals surface area (Å²) in [6.45, 7) is 0. The lowest BCUT2D eigenvalue weighted by molar-refractivity contribution is -0.0840. The van der Waals surface area contributed by atoms with Gasteiger partial charge in [-0.1, -0.05) is 23.8 Å². The van der Waals surface area contributed by atoms with Crippen LogP contribution in [-0.2, 0) is 4.84 Å². The molecule has 16 heavy (non-hydrogen) atoms. The first-order chi connectivity index (χ1) is 7.84. The van der Waals surface area contributed by atoms with E-state index in [2.05, 4.69) is 5.59 Å². The molecular formula is C11H12N2O3. The first-order valence-electron chi connectivity index (χ1n) is 5.14. The van der Waals surface area contributed by atoms with Crippen LogP contribution in [0.3, 0.4) is 0 Å². The quantitative estimate of drug-likeness (QED) is 0.741.